The maximum atomic E-state index is 6.10. The summed E-state index contributed by atoms with van der Waals surface area (Å²) >= 11 is 6.10. The van der Waals surface area contributed by atoms with Gasteiger partial charge >= 0.3 is 0 Å². The second-order valence-corrected chi connectivity index (χ2v) is 4.31. The highest BCUT2D eigenvalue weighted by Gasteiger charge is 2.07. The third kappa shape index (κ3) is 4.00. The molecule has 0 atom stereocenters. The van der Waals surface area contributed by atoms with Crippen LogP contribution in [-0.2, 0) is 6.42 Å². The summed E-state index contributed by atoms with van der Waals surface area (Å²) in [6.45, 7) is 2.12. The van der Waals surface area contributed by atoms with Gasteiger partial charge in [-0.15, -0.1) is 0 Å². The van der Waals surface area contributed by atoms with Crippen LogP contribution in [0, 0.1) is 0 Å². The van der Waals surface area contributed by atoms with E-state index in [2.05, 4.69) is 4.90 Å². The van der Waals surface area contributed by atoms with Gasteiger partial charge in [0.2, 0.25) is 0 Å². The molecule has 0 saturated heterocycles. The fourth-order valence-corrected chi connectivity index (χ4v) is 1.66. The molecule has 90 valence electrons. The Kier molecular flexibility index (Phi) is 5.60. The Bertz CT molecular complexity index is 329. The van der Waals surface area contributed by atoms with Crippen molar-refractivity contribution in [2.75, 3.05) is 33.8 Å². The molecule has 0 saturated carbocycles. The van der Waals surface area contributed by atoms with Gasteiger partial charge in [0.05, 0.1) is 0 Å². The normalized spacial score (nSPS) is 10.8. The maximum absolute atomic E-state index is 6.10. The average molecular weight is 243 g/mol. The van der Waals surface area contributed by atoms with Crippen molar-refractivity contribution in [2.45, 2.75) is 6.42 Å². The molecule has 3 nitrogen and oxygen atoms in total. The van der Waals surface area contributed by atoms with E-state index in [1.54, 1.807) is 0 Å². The molecule has 1 aromatic rings. The number of benzene rings is 1. The zero-order valence-electron chi connectivity index (χ0n) is 9.87. The lowest BCUT2D eigenvalue weighted by molar-refractivity contribution is 0.259. The summed E-state index contributed by atoms with van der Waals surface area (Å²) in [5, 5.41) is 0.729. The molecule has 1 aromatic carbocycles. The van der Waals surface area contributed by atoms with Crippen LogP contribution in [-0.4, -0.2) is 38.7 Å². The Morgan fingerprint density at radius 3 is 2.75 bits per heavy atom. The van der Waals surface area contributed by atoms with Crippen molar-refractivity contribution >= 4 is 11.6 Å². The van der Waals surface area contributed by atoms with E-state index >= 15 is 0 Å². The minimum Gasteiger partial charge on any atom is -0.492 e. The molecule has 0 unspecified atom stereocenters. The van der Waals surface area contributed by atoms with Crippen LogP contribution in [0.25, 0.3) is 0 Å². The molecule has 0 spiro atoms. The van der Waals surface area contributed by atoms with Crippen LogP contribution < -0.4 is 10.5 Å². The molecule has 0 heterocycles. The number of nitrogens with zero attached hydrogens (tertiary/aromatic N) is 1. The molecule has 0 amide bonds. The average Bonchev–Trinajstić information content (AvgIpc) is 2.22. The van der Waals surface area contributed by atoms with Crippen LogP contribution >= 0.6 is 11.6 Å². The SMILES string of the molecule is CN(C)CCOc1cccc(Cl)c1CCN. The molecule has 0 aliphatic heterocycles. The Morgan fingerprint density at radius 2 is 2.12 bits per heavy atom. The van der Waals surface area contributed by atoms with Crippen molar-refractivity contribution in [3.63, 3.8) is 0 Å². The summed E-state index contributed by atoms with van der Waals surface area (Å²) in [6.07, 6.45) is 0.747. The monoisotopic (exact) mass is 242 g/mol. The molecule has 0 fully saturated rings. The van der Waals surface area contributed by atoms with E-state index in [1.165, 1.54) is 0 Å². The number of halogens is 1. The zero-order valence-corrected chi connectivity index (χ0v) is 10.6. The molecule has 0 bridgehead atoms. The van der Waals surface area contributed by atoms with Gasteiger partial charge in [0.1, 0.15) is 12.4 Å². The van der Waals surface area contributed by atoms with Gasteiger partial charge in [0, 0.05) is 17.1 Å². The Balaban J connectivity index is 2.66. The first kappa shape index (κ1) is 13.3. The smallest absolute Gasteiger partial charge is 0.124 e. The van der Waals surface area contributed by atoms with Crippen molar-refractivity contribution in [2.24, 2.45) is 5.73 Å². The molecule has 16 heavy (non-hydrogen) atoms. The van der Waals surface area contributed by atoms with E-state index in [0.717, 1.165) is 29.3 Å². The van der Waals surface area contributed by atoms with Gasteiger partial charge in [0.25, 0.3) is 0 Å². The van der Waals surface area contributed by atoms with E-state index in [9.17, 15) is 0 Å². The molecular weight excluding hydrogens is 224 g/mol. The summed E-state index contributed by atoms with van der Waals surface area (Å²) in [7, 11) is 4.03. The van der Waals surface area contributed by atoms with Crippen LogP contribution in [0.1, 0.15) is 5.56 Å². The first-order chi connectivity index (χ1) is 7.65. The summed E-state index contributed by atoms with van der Waals surface area (Å²) in [6, 6.07) is 5.70. The van der Waals surface area contributed by atoms with E-state index in [4.69, 9.17) is 22.1 Å². The van der Waals surface area contributed by atoms with E-state index in [1.807, 2.05) is 32.3 Å². The van der Waals surface area contributed by atoms with E-state index in [-0.39, 0.29) is 0 Å². The topological polar surface area (TPSA) is 38.5 Å². The summed E-state index contributed by atoms with van der Waals surface area (Å²) in [5.41, 5.74) is 6.56. The Morgan fingerprint density at radius 1 is 1.38 bits per heavy atom. The van der Waals surface area contributed by atoms with Gasteiger partial charge in [-0.05, 0) is 39.2 Å². The van der Waals surface area contributed by atoms with Crippen molar-refractivity contribution in [3.05, 3.63) is 28.8 Å². The number of nitrogens with two attached hydrogens (primary N) is 1. The number of hydrogen-bond donors (Lipinski definition) is 1. The molecule has 2 N–H and O–H groups in total. The quantitative estimate of drug-likeness (QED) is 0.827. The highest BCUT2D eigenvalue weighted by Crippen LogP contribution is 2.26. The van der Waals surface area contributed by atoms with Gasteiger partial charge < -0.3 is 15.4 Å². The maximum Gasteiger partial charge on any atom is 0.124 e. The third-order valence-electron chi connectivity index (χ3n) is 2.27. The number of ether oxygens (including phenoxy) is 1. The van der Waals surface area contributed by atoms with Crippen LogP contribution in [0.2, 0.25) is 5.02 Å². The zero-order chi connectivity index (χ0) is 12.0. The highest BCUT2D eigenvalue weighted by molar-refractivity contribution is 6.31. The minimum atomic E-state index is 0.577. The first-order valence-electron chi connectivity index (χ1n) is 5.40. The predicted molar refractivity (Wildman–Crippen MR) is 68.3 cm³/mol. The van der Waals surface area contributed by atoms with Crippen LogP contribution in [0.5, 0.6) is 5.75 Å². The summed E-state index contributed by atoms with van der Waals surface area (Å²) in [4.78, 5) is 2.08. The second kappa shape index (κ2) is 6.74. The lowest BCUT2D eigenvalue weighted by atomic mass is 10.1. The lowest BCUT2D eigenvalue weighted by Crippen LogP contribution is -2.20. The molecule has 1 rings (SSSR count). The Labute approximate surface area is 102 Å². The molecule has 0 aliphatic rings. The largest absolute Gasteiger partial charge is 0.492 e. The van der Waals surface area contributed by atoms with Crippen molar-refractivity contribution in [1.29, 1.82) is 0 Å². The van der Waals surface area contributed by atoms with Gasteiger partial charge in [-0.1, -0.05) is 17.7 Å². The molecule has 0 aliphatic carbocycles. The second-order valence-electron chi connectivity index (χ2n) is 3.91. The van der Waals surface area contributed by atoms with Crippen LogP contribution in [0.15, 0.2) is 18.2 Å². The van der Waals surface area contributed by atoms with Crippen LogP contribution in [0.4, 0.5) is 0 Å². The molecule has 0 radical (unpaired) electrons. The van der Waals surface area contributed by atoms with E-state index < -0.39 is 0 Å². The van der Waals surface area contributed by atoms with Crippen molar-refractivity contribution in [3.8, 4) is 5.75 Å². The molecule has 4 heteroatoms. The standard InChI is InChI=1S/C12H19ClN2O/c1-15(2)8-9-16-12-5-3-4-11(13)10(12)6-7-14/h3-5H,6-9,14H2,1-2H3. The molecule has 0 aromatic heterocycles. The van der Waals surface area contributed by atoms with Crippen molar-refractivity contribution < 1.29 is 4.74 Å². The predicted octanol–water partition coefficient (Wildman–Crippen LogP) is 1.78. The van der Waals surface area contributed by atoms with Crippen molar-refractivity contribution in [1.82, 2.24) is 4.90 Å². The fraction of sp³-hybridized carbons (Fsp3) is 0.500. The van der Waals surface area contributed by atoms with Crippen LogP contribution in [0.3, 0.4) is 0 Å². The lowest BCUT2D eigenvalue weighted by Gasteiger charge is -2.14. The number of likely N-dealkylation sites (N-methyl/N-ethyl adjacent to an activating group) is 1. The van der Waals surface area contributed by atoms with E-state index in [0.29, 0.717) is 13.2 Å². The minimum absolute atomic E-state index is 0.577. The van der Waals surface area contributed by atoms with Gasteiger partial charge in [-0.25, -0.2) is 0 Å². The first-order valence-corrected chi connectivity index (χ1v) is 5.78. The number of rotatable bonds is 6. The summed E-state index contributed by atoms with van der Waals surface area (Å²) in [5.74, 6) is 0.847. The third-order valence-corrected chi connectivity index (χ3v) is 2.62. The highest BCUT2D eigenvalue weighted by atomic mass is 35.5. The Hall–Kier alpha value is -0.770. The van der Waals surface area contributed by atoms with Gasteiger partial charge in [-0.3, -0.25) is 0 Å². The van der Waals surface area contributed by atoms with Gasteiger partial charge in [-0.2, -0.15) is 0 Å². The number of hydrogen-bond acceptors (Lipinski definition) is 3. The molecular formula is C12H19ClN2O. The fourth-order valence-electron chi connectivity index (χ4n) is 1.40. The van der Waals surface area contributed by atoms with Gasteiger partial charge in [0.15, 0.2) is 0 Å². The summed E-state index contributed by atoms with van der Waals surface area (Å²) < 4.78 is 5.70.